The summed E-state index contributed by atoms with van der Waals surface area (Å²) >= 11 is 0. The van der Waals surface area contributed by atoms with Crippen molar-refractivity contribution in [2.45, 2.75) is 63.3 Å². The molecular formula is C53H44N5O+. The minimum Gasteiger partial charge on any atom is -0.457 e. The topological polar surface area (TPSA) is 64.2 Å². The zero-order chi connectivity index (χ0) is 38.8. The van der Waals surface area contributed by atoms with E-state index in [0.29, 0.717) is 0 Å². The van der Waals surface area contributed by atoms with Crippen LogP contribution in [0.4, 0.5) is 5.69 Å². The summed E-state index contributed by atoms with van der Waals surface area (Å²) in [7, 11) is 0. The Hall–Kier alpha value is -6.36. The van der Waals surface area contributed by atoms with E-state index in [1.807, 2.05) is 0 Å². The second-order valence-electron chi connectivity index (χ2n) is 17.6. The second-order valence-corrected chi connectivity index (χ2v) is 17.6. The van der Waals surface area contributed by atoms with Crippen LogP contribution in [-0.4, -0.2) is 26.2 Å². The molecule has 0 amide bonds. The van der Waals surface area contributed by atoms with E-state index >= 15 is 0 Å². The summed E-state index contributed by atoms with van der Waals surface area (Å²) in [5, 5.41) is 12.3. The van der Waals surface area contributed by atoms with E-state index in [4.69, 9.17) is 4.74 Å². The number of ether oxygens (including phenoxy) is 1. The molecule has 1 aliphatic carbocycles. The van der Waals surface area contributed by atoms with Crippen LogP contribution in [0.25, 0.3) is 37.6 Å². The molecule has 6 aliphatic rings. The van der Waals surface area contributed by atoms with Crippen LogP contribution in [0.2, 0.25) is 0 Å². The predicted octanol–water partition coefficient (Wildman–Crippen LogP) is 9.93. The molecule has 0 saturated carbocycles. The maximum Gasteiger partial charge on any atom is 0.206 e. The van der Waals surface area contributed by atoms with Crippen LogP contribution in [-0.2, 0) is 37.6 Å². The fraction of sp³-hybridized carbons (Fsp3) is 0.264. The fourth-order valence-electron chi connectivity index (χ4n) is 12.5. The number of hydrogen-bond donors (Lipinski definition) is 0. The third-order valence-corrected chi connectivity index (χ3v) is 14.7. The van der Waals surface area contributed by atoms with Gasteiger partial charge in [-0.2, -0.15) is 0 Å². The van der Waals surface area contributed by atoms with Crippen molar-refractivity contribution in [1.29, 1.82) is 0 Å². The third-order valence-electron chi connectivity index (χ3n) is 14.7. The van der Waals surface area contributed by atoms with E-state index in [-0.39, 0.29) is 6.54 Å². The van der Waals surface area contributed by atoms with Crippen LogP contribution >= 0.6 is 0 Å². The molecule has 13 rings (SSSR count). The van der Waals surface area contributed by atoms with Crippen LogP contribution in [0.3, 0.4) is 0 Å². The van der Waals surface area contributed by atoms with Crippen molar-refractivity contribution in [2.24, 2.45) is 5.11 Å². The van der Waals surface area contributed by atoms with Crippen LogP contribution in [0.1, 0.15) is 86.9 Å². The molecule has 5 heterocycles. The van der Waals surface area contributed by atoms with E-state index in [1.54, 1.807) is 0 Å². The number of rotatable bonds is 3. The first-order valence-corrected chi connectivity index (χ1v) is 21.8. The summed E-state index contributed by atoms with van der Waals surface area (Å²) in [6.07, 6.45) is 9.19. The van der Waals surface area contributed by atoms with Gasteiger partial charge in [0.15, 0.2) is 0 Å². The first-order chi connectivity index (χ1) is 29.2. The van der Waals surface area contributed by atoms with Gasteiger partial charge < -0.3 is 9.64 Å². The number of hydrogen-bond acceptors (Lipinski definition) is 3. The lowest BCUT2D eigenvalue weighted by atomic mass is 9.58. The zero-order valence-corrected chi connectivity index (χ0v) is 33.2. The molecule has 59 heavy (non-hydrogen) atoms. The van der Waals surface area contributed by atoms with Crippen molar-refractivity contribution in [3.63, 3.8) is 0 Å². The van der Waals surface area contributed by atoms with Gasteiger partial charge in [-0.15, -0.1) is 0 Å². The number of fused-ring (bicyclic) bond motifs is 12. The minimum absolute atomic E-state index is 0.285. The van der Waals surface area contributed by atoms with Gasteiger partial charge in [-0.05, 0) is 164 Å². The first-order valence-electron chi connectivity index (χ1n) is 21.8. The van der Waals surface area contributed by atoms with Gasteiger partial charge in [-0.3, -0.25) is 0 Å². The Labute approximate surface area is 343 Å². The molecule has 6 nitrogen and oxygen atoms in total. The van der Waals surface area contributed by atoms with E-state index in [0.717, 1.165) is 74.5 Å². The SMILES string of the molecule is [N-]=[N+]=NCc1ccccc1C1=c2cc3cc4c5c(c3cc2C2(c3ccccc3Oc3ccccc32)c2cc3c6c7c(cc3cc21)CCCN7CCC6)CCC[N+]=5CCC4. The Morgan fingerprint density at radius 2 is 1.31 bits per heavy atom. The van der Waals surface area contributed by atoms with Crippen LogP contribution in [0, 0.1) is 0 Å². The van der Waals surface area contributed by atoms with Crippen molar-refractivity contribution in [3.8, 4) is 11.5 Å². The molecule has 0 fully saturated rings. The lowest BCUT2D eigenvalue weighted by Crippen LogP contribution is -2.44. The average Bonchev–Trinajstić information content (AvgIpc) is 3.28. The van der Waals surface area contributed by atoms with Crippen molar-refractivity contribution in [2.75, 3.05) is 31.1 Å². The highest BCUT2D eigenvalue weighted by Gasteiger charge is 2.50. The smallest absolute Gasteiger partial charge is 0.206 e. The molecule has 1 spiro atoms. The van der Waals surface area contributed by atoms with Gasteiger partial charge >= 0.3 is 0 Å². The molecule has 0 aromatic heterocycles. The molecule has 0 saturated heterocycles. The Kier molecular flexibility index (Phi) is 7.16. The van der Waals surface area contributed by atoms with Crippen molar-refractivity contribution >= 4 is 32.8 Å². The summed E-state index contributed by atoms with van der Waals surface area (Å²) in [6, 6.07) is 41.6. The molecule has 0 unspecified atom stereocenters. The predicted molar refractivity (Wildman–Crippen MR) is 236 cm³/mol. The fourth-order valence-corrected chi connectivity index (χ4v) is 12.5. The van der Waals surface area contributed by atoms with Gasteiger partial charge in [0.2, 0.25) is 5.36 Å². The normalized spacial score (nSPS) is 17.6. The van der Waals surface area contributed by atoms with Gasteiger partial charge in [0.05, 0.1) is 12.0 Å². The van der Waals surface area contributed by atoms with E-state index < -0.39 is 5.41 Å². The van der Waals surface area contributed by atoms with Crippen LogP contribution in [0.15, 0.2) is 114 Å². The summed E-state index contributed by atoms with van der Waals surface area (Å²) in [4.78, 5) is 5.92. The molecule has 0 radical (unpaired) electrons. The van der Waals surface area contributed by atoms with Crippen LogP contribution < -0.4 is 24.8 Å². The number of anilines is 1. The highest BCUT2D eigenvalue weighted by molar-refractivity contribution is 6.01. The van der Waals surface area contributed by atoms with E-state index in [1.165, 1.54) is 119 Å². The van der Waals surface area contributed by atoms with E-state index in [2.05, 4.69) is 129 Å². The summed E-state index contributed by atoms with van der Waals surface area (Å²) in [6.45, 7) is 4.85. The standard InChI is InChI=1S/C53H44N5O/c54-56-55-31-34-11-1-2-14-37(34)50-42-27-35-25-32-12-7-21-57-23-9-15-38(51(32)57)40(35)29-46(42)53(44-17-3-5-19-48(44)59-49-20-6-4-18-45(49)53)47-30-41-36(28-43(47)50)26-33-13-8-22-58-24-10-16-39(41)52(33)58/h1-6,11,14,17-20,25-30H,7-10,12-13,15-16,21-24,31H2/q+1. The molecule has 7 aromatic rings. The molecular weight excluding hydrogens is 723 g/mol. The summed E-state index contributed by atoms with van der Waals surface area (Å²) < 4.78 is 9.58. The monoisotopic (exact) mass is 766 g/mol. The number of aryl methyl sites for hydroxylation is 4. The largest absolute Gasteiger partial charge is 0.457 e. The maximum atomic E-state index is 9.61. The highest BCUT2D eigenvalue weighted by Crippen LogP contribution is 2.59. The lowest BCUT2D eigenvalue weighted by molar-refractivity contribution is 0.433. The van der Waals surface area contributed by atoms with Gasteiger partial charge in [-0.25, -0.2) is 4.58 Å². The summed E-state index contributed by atoms with van der Waals surface area (Å²) in [5.74, 6) is 1.82. The number of nitrogens with zero attached hydrogens (tertiary/aromatic N) is 5. The number of azide groups is 1. The lowest BCUT2D eigenvalue weighted by Gasteiger charge is -2.45. The van der Waals surface area contributed by atoms with Gasteiger partial charge in [-0.1, -0.05) is 65.8 Å². The number of benzene rings is 7. The molecule has 0 bridgehead atoms. The van der Waals surface area contributed by atoms with Gasteiger partial charge in [0.25, 0.3) is 0 Å². The third kappa shape index (κ3) is 4.58. The zero-order valence-electron chi connectivity index (χ0n) is 33.2. The van der Waals surface area contributed by atoms with Gasteiger partial charge in [0.1, 0.15) is 24.6 Å². The Morgan fingerprint density at radius 3 is 2.14 bits per heavy atom. The second kappa shape index (κ2) is 12.6. The van der Waals surface area contributed by atoms with Crippen LogP contribution in [0.5, 0.6) is 11.5 Å². The van der Waals surface area contributed by atoms with Crippen molar-refractivity contribution in [3.05, 3.63) is 191 Å². The molecule has 7 aromatic carbocycles. The van der Waals surface area contributed by atoms with Crippen molar-refractivity contribution < 1.29 is 4.74 Å². The quantitative estimate of drug-likeness (QED) is 0.0778. The maximum absolute atomic E-state index is 9.61. The molecule has 286 valence electrons. The summed E-state index contributed by atoms with van der Waals surface area (Å²) in [5.41, 5.74) is 26.0. The molecule has 0 atom stereocenters. The number of para-hydroxylation sites is 2. The first kappa shape index (κ1) is 33.6. The van der Waals surface area contributed by atoms with Crippen molar-refractivity contribution in [1.82, 2.24) is 4.58 Å². The Morgan fingerprint density at radius 1 is 0.644 bits per heavy atom. The molecule has 0 N–H and O–H groups in total. The Balaban J connectivity index is 1.28. The molecule has 5 aliphatic heterocycles. The highest BCUT2D eigenvalue weighted by atomic mass is 16.5. The average molecular weight is 767 g/mol. The Bertz CT molecular complexity index is 3160. The molecule has 6 heteroatoms. The minimum atomic E-state index is -0.671. The van der Waals surface area contributed by atoms with Gasteiger partial charge in [0, 0.05) is 58.8 Å². The van der Waals surface area contributed by atoms with E-state index in [9.17, 15) is 5.53 Å².